The fourth-order valence-corrected chi connectivity index (χ4v) is 4.79. The van der Waals surface area contributed by atoms with Crippen molar-refractivity contribution in [1.29, 1.82) is 0 Å². The summed E-state index contributed by atoms with van der Waals surface area (Å²) < 4.78 is 0. The van der Waals surface area contributed by atoms with Crippen molar-refractivity contribution in [3.8, 4) is 0 Å². The second-order valence-electron chi connectivity index (χ2n) is 5.84. The molecule has 0 fully saturated rings. The smallest absolute Gasteiger partial charge is 0.321 e. The zero-order chi connectivity index (χ0) is 17.1. The molecule has 24 heavy (non-hydrogen) atoms. The standard InChI is InChI=1S/C16H20N4O2S2/c1-3-9(2)19-16(22)20-12(21)7-23-14-13-10-5-4-6-11(10)24-15(13)18-8-17-14/h8-9H,3-7H2,1-2H3,(H2,19,20,21,22)/t9-/m0/s1. The number of amides is 3. The Morgan fingerprint density at radius 2 is 2.21 bits per heavy atom. The van der Waals surface area contributed by atoms with Crippen LogP contribution in [0.25, 0.3) is 10.2 Å². The summed E-state index contributed by atoms with van der Waals surface area (Å²) in [5, 5.41) is 7.00. The number of thioether (sulfide) groups is 1. The molecule has 0 saturated heterocycles. The maximum atomic E-state index is 12.0. The van der Waals surface area contributed by atoms with Crippen molar-refractivity contribution in [2.45, 2.75) is 50.6 Å². The SMILES string of the molecule is CC[C@H](C)NC(=O)NC(=O)CSc1ncnc2sc3c(c12)CCC3. The zero-order valence-corrected chi connectivity index (χ0v) is 15.4. The molecule has 0 aromatic carbocycles. The lowest BCUT2D eigenvalue weighted by atomic mass is 10.2. The summed E-state index contributed by atoms with van der Waals surface area (Å²) in [6, 6.07) is -0.403. The Bertz CT molecular complexity index is 775. The molecule has 0 saturated carbocycles. The summed E-state index contributed by atoms with van der Waals surface area (Å²) in [4.78, 5) is 34.7. The van der Waals surface area contributed by atoms with E-state index in [4.69, 9.17) is 0 Å². The first-order valence-corrected chi connectivity index (χ1v) is 9.87. The number of hydrogen-bond acceptors (Lipinski definition) is 6. The van der Waals surface area contributed by atoms with Gasteiger partial charge in [0.1, 0.15) is 16.2 Å². The number of rotatable bonds is 5. The molecule has 1 aliphatic rings. The van der Waals surface area contributed by atoms with E-state index in [-0.39, 0.29) is 17.7 Å². The molecule has 0 unspecified atom stereocenters. The van der Waals surface area contributed by atoms with Gasteiger partial charge in [0.25, 0.3) is 0 Å². The molecule has 0 bridgehead atoms. The molecule has 8 heteroatoms. The molecule has 2 aromatic heterocycles. The van der Waals surface area contributed by atoms with E-state index in [0.717, 1.165) is 34.5 Å². The summed E-state index contributed by atoms with van der Waals surface area (Å²) in [6.07, 6.45) is 5.70. The van der Waals surface area contributed by atoms with Crippen molar-refractivity contribution in [2.75, 3.05) is 5.75 Å². The van der Waals surface area contributed by atoms with E-state index >= 15 is 0 Å². The van der Waals surface area contributed by atoms with E-state index < -0.39 is 6.03 Å². The average Bonchev–Trinajstić information content (AvgIpc) is 3.13. The molecule has 1 aliphatic carbocycles. The molecule has 1 atom stereocenters. The zero-order valence-electron chi connectivity index (χ0n) is 13.7. The van der Waals surface area contributed by atoms with Crippen molar-refractivity contribution in [2.24, 2.45) is 0 Å². The van der Waals surface area contributed by atoms with Crippen molar-refractivity contribution >= 4 is 45.3 Å². The maximum Gasteiger partial charge on any atom is 0.321 e. The van der Waals surface area contributed by atoms with Crippen LogP contribution in [0.5, 0.6) is 0 Å². The van der Waals surface area contributed by atoms with Crippen molar-refractivity contribution < 1.29 is 9.59 Å². The Balaban J connectivity index is 1.64. The van der Waals surface area contributed by atoms with Crippen molar-refractivity contribution in [1.82, 2.24) is 20.6 Å². The minimum atomic E-state index is -0.445. The number of carbonyl (C=O) groups excluding carboxylic acids is 2. The van der Waals surface area contributed by atoms with Crippen LogP contribution in [0, 0.1) is 0 Å². The third kappa shape index (κ3) is 3.70. The lowest BCUT2D eigenvalue weighted by Crippen LogP contribution is -2.43. The van der Waals surface area contributed by atoms with Gasteiger partial charge in [0.05, 0.1) is 5.75 Å². The first-order chi connectivity index (χ1) is 11.6. The van der Waals surface area contributed by atoms with Gasteiger partial charge in [-0.2, -0.15) is 0 Å². The molecular weight excluding hydrogens is 344 g/mol. The Kier molecular flexibility index (Phi) is 5.35. The number of carbonyl (C=O) groups is 2. The topological polar surface area (TPSA) is 84.0 Å². The Hall–Kier alpha value is -1.67. The quantitative estimate of drug-likeness (QED) is 0.629. The lowest BCUT2D eigenvalue weighted by Gasteiger charge is -2.11. The predicted octanol–water partition coefficient (Wildman–Crippen LogP) is 2.90. The third-order valence-electron chi connectivity index (χ3n) is 4.05. The second kappa shape index (κ2) is 7.48. The number of nitrogens with zero attached hydrogens (tertiary/aromatic N) is 2. The molecule has 2 aromatic rings. The van der Waals surface area contributed by atoms with E-state index in [1.165, 1.54) is 28.6 Å². The van der Waals surface area contributed by atoms with Crippen LogP contribution >= 0.6 is 23.1 Å². The van der Waals surface area contributed by atoms with E-state index in [0.29, 0.717) is 0 Å². The molecule has 3 amide bonds. The number of thiophene rings is 1. The summed E-state index contributed by atoms with van der Waals surface area (Å²) in [5.74, 6) is -0.163. The van der Waals surface area contributed by atoms with E-state index in [9.17, 15) is 9.59 Å². The highest BCUT2D eigenvalue weighted by Gasteiger charge is 2.21. The molecule has 128 valence electrons. The normalized spacial score (nSPS) is 14.4. The molecule has 2 N–H and O–H groups in total. The first-order valence-electron chi connectivity index (χ1n) is 8.06. The largest absolute Gasteiger partial charge is 0.335 e. The molecule has 0 radical (unpaired) electrons. The molecule has 3 rings (SSSR count). The summed E-state index contributed by atoms with van der Waals surface area (Å²) in [6.45, 7) is 3.87. The Morgan fingerprint density at radius 3 is 3.00 bits per heavy atom. The van der Waals surface area contributed by atoms with Gasteiger partial charge in [0.2, 0.25) is 5.91 Å². The molecule has 0 spiro atoms. The van der Waals surface area contributed by atoms with Crippen molar-refractivity contribution in [3.63, 3.8) is 0 Å². The number of aromatic nitrogens is 2. The fourth-order valence-electron chi connectivity index (χ4n) is 2.67. The van der Waals surface area contributed by atoms with E-state index in [2.05, 4.69) is 20.6 Å². The van der Waals surface area contributed by atoms with E-state index in [1.807, 2.05) is 13.8 Å². The third-order valence-corrected chi connectivity index (χ3v) is 6.24. The van der Waals surface area contributed by atoms with Crippen molar-refractivity contribution in [3.05, 3.63) is 16.8 Å². The van der Waals surface area contributed by atoms with Crippen LogP contribution in [-0.4, -0.2) is 33.7 Å². The maximum absolute atomic E-state index is 12.0. The van der Waals surface area contributed by atoms with Gasteiger partial charge in [-0.05, 0) is 38.2 Å². The Labute approximate surface area is 148 Å². The van der Waals surface area contributed by atoms with Gasteiger partial charge >= 0.3 is 6.03 Å². The number of aryl methyl sites for hydroxylation is 2. The van der Waals surface area contributed by atoms with Gasteiger partial charge in [-0.25, -0.2) is 14.8 Å². The number of urea groups is 1. The highest BCUT2D eigenvalue weighted by molar-refractivity contribution is 8.00. The van der Waals surface area contributed by atoms with Crippen LogP contribution in [-0.2, 0) is 17.6 Å². The molecular formula is C16H20N4O2S2. The number of nitrogens with one attached hydrogen (secondary N) is 2. The summed E-state index contributed by atoms with van der Waals surface area (Å²) in [5.41, 5.74) is 1.34. The van der Waals surface area contributed by atoms with Crippen LogP contribution < -0.4 is 10.6 Å². The van der Waals surface area contributed by atoms with Gasteiger partial charge in [-0.3, -0.25) is 10.1 Å². The highest BCUT2D eigenvalue weighted by atomic mass is 32.2. The minimum absolute atomic E-state index is 0.0420. The predicted molar refractivity (Wildman–Crippen MR) is 96.6 cm³/mol. The number of imide groups is 1. The van der Waals surface area contributed by atoms with Crippen LogP contribution in [0.2, 0.25) is 0 Å². The second-order valence-corrected chi connectivity index (χ2v) is 7.88. The van der Waals surface area contributed by atoms with Crippen LogP contribution in [0.3, 0.4) is 0 Å². The monoisotopic (exact) mass is 364 g/mol. The van der Waals surface area contributed by atoms with Gasteiger partial charge in [0.15, 0.2) is 0 Å². The fraction of sp³-hybridized carbons (Fsp3) is 0.500. The van der Waals surface area contributed by atoms with Gasteiger partial charge < -0.3 is 5.32 Å². The van der Waals surface area contributed by atoms with E-state index in [1.54, 1.807) is 17.7 Å². The van der Waals surface area contributed by atoms with Gasteiger partial charge in [-0.15, -0.1) is 11.3 Å². The molecule has 2 heterocycles. The molecule has 0 aliphatic heterocycles. The van der Waals surface area contributed by atoms with Crippen LogP contribution in [0.4, 0.5) is 4.79 Å². The van der Waals surface area contributed by atoms with Gasteiger partial charge in [-0.1, -0.05) is 18.7 Å². The van der Waals surface area contributed by atoms with Gasteiger partial charge in [0, 0.05) is 16.3 Å². The first kappa shape index (κ1) is 17.2. The Morgan fingerprint density at radius 1 is 1.38 bits per heavy atom. The summed E-state index contributed by atoms with van der Waals surface area (Å²) >= 11 is 3.08. The van der Waals surface area contributed by atoms with Crippen LogP contribution in [0.15, 0.2) is 11.4 Å². The number of hydrogen-bond donors (Lipinski definition) is 2. The lowest BCUT2D eigenvalue weighted by molar-refractivity contribution is -0.117. The molecule has 6 nitrogen and oxygen atoms in total. The summed E-state index contributed by atoms with van der Waals surface area (Å²) in [7, 11) is 0. The minimum Gasteiger partial charge on any atom is -0.335 e. The number of fused-ring (bicyclic) bond motifs is 3. The van der Waals surface area contributed by atoms with Crippen LogP contribution in [0.1, 0.15) is 37.1 Å². The average molecular weight is 364 g/mol. The highest BCUT2D eigenvalue weighted by Crippen LogP contribution is 2.39.